The lowest BCUT2D eigenvalue weighted by atomic mass is 9.90. The summed E-state index contributed by atoms with van der Waals surface area (Å²) in [6.45, 7) is 10.0. The molecule has 1 fully saturated rings. The minimum Gasteiger partial charge on any atom is -0.391 e. The van der Waals surface area contributed by atoms with Crippen molar-refractivity contribution in [1.29, 1.82) is 0 Å². The molecule has 1 N–H and O–H groups in total. The Labute approximate surface area is 78.8 Å². The van der Waals surface area contributed by atoms with Crippen molar-refractivity contribution in [2.24, 2.45) is 5.41 Å². The predicted octanol–water partition coefficient (Wildman–Crippen LogP) is 1.44. The molecule has 0 bridgehead atoms. The zero-order valence-corrected chi connectivity index (χ0v) is 8.43. The highest BCUT2D eigenvalue weighted by molar-refractivity contribution is 6.29. The van der Waals surface area contributed by atoms with E-state index in [2.05, 4.69) is 25.3 Å². The standard InChI is InChI=1S/C9H16ClNO/c1-7(10)4-11-5-8(12)9(2,3)6-11/h8,12H,1,4-6H2,2-3H3. The van der Waals surface area contributed by atoms with Crippen LogP contribution in [-0.4, -0.2) is 35.7 Å². The average molecular weight is 190 g/mol. The summed E-state index contributed by atoms with van der Waals surface area (Å²) >= 11 is 5.68. The van der Waals surface area contributed by atoms with E-state index in [-0.39, 0.29) is 11.5 Å². The van der Waals surface area contributed by atoms with Crippen molar-refractivity contribution in [3.05, 3.63) is 11.6 Å². The molecule has 1 atom stereocenters. The van der Waals surface area contributed by atoms with Crippen molar-refractivity contribution in [2.45, 2.75) is 20.0 Å². The van der Waals surface area contributed by atoms with Gasteiger partial charge in [-0.1, -0.05) is 32.0 Å². The lowest BCUT2D eigenvalue weighted by Gasteiger charge is -2.20. The van der Waals surface area contributed by atoms with Gasteiger partial charge in [-0.25, -0.2) is 0 Å². The van der Waals surface area contributed by atoms with E-state index in [0.29, 0.717) is 18.1 Å². The fourth-order valence-corrected chi connectivity index (χ4v) is 1.77. The van der Waals surface area contributed by atoms with Crippen molar-refractivity contribution in [2.75, 3.05) is 19.6 Å². The molecule has 0 aromatic carbocycles. The van der Waals surface area contributed by atoms with Crippen molar-refractivity contribution in [3.8, 4) is 0 Å². The van der Waals surface area contributed by atoms with Gasteiger partial charge < -0.3 is 5.11 Å². The molecule has 0 aliphatic carbocycles. The van der Waals surface area contributed by atoms with Crippen LogP contribution in [0.2, 0.25) is 0 Å². The number of likely N-dealkylation sites (tertiary alicyclic amines) is 1. The number of hydrogen-bond donors (Lipinski definition) is 1. The molecule has 1 saturated heterocycles. The summed E-state index contributed by atoms with van der Waals surface area (Å²) in [6.07, 6.45) is -0.242. The van der Waals surface area contributed by atoms with Crippen LogP contribution in [0.1, 0.15) is 13.8 Å². The Morgan fingerprint density at radius 3 is 2.67 bits per heavy atom. The van der Waals surface area contributed by atoms with Gasteiger partial charge in [0.1, 0.15) is 0 Å². The van der Waals surface area contributed by atoms with E-state index >= 15 is 0 Å². The quantitative estimate of drug-likeness (QED) is 0.711. The molecule has 1 unspecified atom stereocenters. The van der Waals surface area contributed by atoms with E-state index in [4.69, 9.17) is 11.6 Å². The molecule has 0 aromatic heterocycles. The van der Waals surface area contributed by atoms with Crippen LogP contribution < -0.4 is 0 Å². The van der Waals surface area contributed by atoms with Crippen LogP contribution in [-0.2, 0) is 0 Å². The Hall–Kier alpha value is -0.0500. The maximum absolute atomic E-state index is 9.63. The summed E-state index contributed by atoms with van der Waals surface area (Å²) in [7, 11) is 0. The first-order valence-electron chi connectivity index (χ1n) is 4.15. The molecule has 12 heavy (non-hydrogen) atoms. The molecule has 0 radical (unpaired) electrons. The molecular weight excluding hydrogens is 174 g/mol. The van der Waals surface area contributed by atoms with E-state index < -0.39 is 0 Å². The number of β-amino-alcohol motifs (C(OH)–C–C–N with tert-alkyl or cyclic N) is 1. The van der Waals surface area contributed by atoms with Gasteiger partial charge in [-0.15, -0.1) is 0 Å². The molecule has 0 amide bonds. The SMILES string of the molecule is C=C(Cl)CN1CC(O)C(C)(C)C1. The van der Waals surface area contributed by atoms with Gasteiger partial charge in [0.25, 0.3) is 0 Å². The van der Waals surface area contributed by atoms with Gasteiger partial charge in [0, 0.05) is 30.1 Å². The Bertz CT molecular complexity index is 191. The van der Waals surface area contributed by atoms with Gasteiger partial charge in [0.05, 0.1) is 6.10 Å². The first kappa shape index (κ1) is 10.0. The summed E-state index contributed by atoms with van der Waals surface area (Å²) in [5, 5.41) is 10.3. The van der Waals surface area contributed by atoms with E-state index in [1.54, 1.807) is 0 Å². The number of aliphatic hydroxyl groups excluding tert-OH is 1. The number of hydrogen-bond acceptors (Lipinski definition) is 2. The minimum absolute atomic E-state index is 0.00760. The lowest BCUT2D eigenvalue weighted by molar-refractivity contribution is 0.0956. The van der Waals surface area contributed by atoms with Crippen LogP contribution >= 0.6 is 11.6 Å². The zero-order valence-electron chi connectivity index (χ0n) is 7.68. The van der Waals surface area contributed by atoms with Crippen LogP contribution in [0.3, 0.4) is 0 Å². The topological polar surface area (TPSA) is 23.5 Å². The third-order valence-corrected chi connectivity index (χ3v) is 2.48. The number of aliphatic hydroxyl groups is 1. The Kier molecular flexibility index (Phi) is 2.81. The number of halogens is 1. The third-order valence-electron chi connectivity index (χ3n) is 2.36. The smallest absolute Gasteiger partial charge is 0.0730 e. The molecule has 0 spiro atoms. The van der Waals surface area contributed by atoms with Crippen LogP contribution in [0.5, 0.6) is 0 Å². The zero-order chi connectivity index (χ0) is 9.35. The summed E-state index contributed by atoms with van der Waals surface area (Å²) in [6, 6.07) is 0. The second-order valence-electron chi connectivity index (χ2n) is 4.19. The summed E-state index contributed by atoms with van der Waals surface area (Å²) in [5.41, 5.74) is -0.00760. The normalized spacial score (nSPS) is 29.2. The molecule has 3 heteroatoms. The highest BCUT2D eigenvalue weighted by Crippen LogP contribution is 2.29. The Morgan fingerprint density at radius 2 is 2.33 bits per heavy atom. The molecule has 0 aromatic rings. The molecule has 0 saturated carbocycles. The van der Waals surface area contributed by atoms with Gasteiger partial charge in [0.2, 0.25) is 0 Å². The Balaban J connectivity index is 2.49. The van der Waals surface area contributed by atoms with Gasteiger partial charge in [0.15, 0.2) is 0 Å². The second-order valence-corrected chi connectivity index (χ2v) is 4.73. The van der Waals surface area contributed by atoms with Gasteiger partial charge >= 0.3 is 0 Å². The van der Waals surface area contributed by atoms with Crippen LogP contribution in [0.25, 0.3) is 0 Å². The summed E-state index contributed by atoms with van der Waals surface area (Å²) in [5.74, 6) is 0. The lowest BCUT2D eigenvalue weighted by Crippen LogP contribution is -2.26. The van der Waals surface area contributed by atoms with Crippen molar-refractivity contribution in [3.63, 3.8) is 0 Å². The third kappa shape index (κ3) is 2.22. The molecular formula is C9H16ClNO. The molecule has 1 heterocycles. The fourth-order valence-electron chi connectivity index (χ4n) is 1.60. The molecule has 1 aliphatic rings. The number of rotatable bonds is 2. The highest BCUT2D eigenvalue weighted by atomic mass is 35.5. The van der Waals surface area contributed by atoms with Crippen LogP contribution in [0.15, 0.2) is 11.6 Å². The van der Waals surface area contributed by atoms with Gasteiger partial charge in [-0.05, 0) is 0 Å². The first-order valence-corrected chi connectivity index (χ1v) is 4.53. The molecule has 2 nitrogen and oxygen atoms in total. The number of nitrogens with zero attached hydrogens (tertiary/aromatic N) is 1. The predicted molar refractivity (Wildman–Crippen MR) is 51.2 cm³/mol. The maximum Gasteiger partial charge on any atom is 0.0730 e. The van der Waals surface area contributed by atoms with Crippen molar-refractivity contribution >= 4 is 11.6 Å². The molecule has 1 aliphatic heterocycles. The van der Waals surface area contributed by atoms with Crippen LogP contribution in [0, 0.1) is 5.41 Å². The largest absolute Gasteiger partial charge is 0.391 e. The van der Waals surface area contributed by atoms with Crippen LogP contribution in [0.4, 0.5) is 0 Å². The van der Waals surface area contributed by atoms with Crippen molar-refractivity contribution in [1.82, 2.24) is 4.90 Å². The van der Waals surface area contributed by atoms with E-state index in [1.165, 1.54) is 0 Å². The molecule has 1 rings (SSSR count). The minimum atomic E-state index is -0.242. The summed E-state index contributed by atoms with van der Waals surface area (Å²) < 4.78 is 0. The maximum atomic E-state index is 9.63. The van der Waals surface area contributed by atoms with Gasteiger partial charge in [-0.2, -0.15) is 0 Å². The fraction of sp³-hybridized carbons (Fsp3) is 0.778. The highest BCUT2D eigenvalue weighted by Gasteiger charge is 2.37. The average Bonchev–Trinajstić information content (AvgIpc) is 2.04. The Morgan fingerprint density at radius 1 is 1.75 bits per heavy atom. The van der Waals surface area contributed by atoms with E-state index in [0.717, 1.165) is 6.54 Å². The van der Waals surface area contributed by atoms with Crippen molar-refractivity contribution < 1.29 is 5.11 Å². The van der Waals surface area contributed by atoms with E-state index in [1.807, 2.05) is 0 Å². The van der Waals surface area contributed by atoms with Gasteiger partial charge in [-0.3, -0.25) is 4.90 Å². The molecule has 70 valence electrons. The summed E-state index contributed by atoms with van der Waals surface area (Å²) in [4.78, 5) is 2.12. The first-order chi connectivity index (χ1) is 5.42. The second kappa shape index (κ2) is 3.36. The van der Waals surface area contributed by atoms with E-state index in [9.17, 15) is 5.11 Å². The monoisotopic (exact) mass is 189 g/mol.